The van der Waals surface area contributed by atoms with Gasteiger partial charge in [-0.05, 0) is 12.5 Å². The molecule has 0 amide bonds. The van der Waals surface area contributed by atoms with E-state index in [1.165, 1.54) is 6.07 Å². The summed E-state index contributed by atoms with van der Waals surface area (Å²) in [5.74, 6) is -0.739. The fourth-order valence-electron chi connectivity index (χ4n) is 5.85. The van der Waals surface area contributed by atoms with E-state index in [9.17, 15) is 19.8 Å². The van der Waals surface area contributed by atoms with Crippen LogP contribution in [0.5, 0.6) is 0 Å². The Hall–Kier alpha value is -1.70. The van der Waals surface area contributed by atoms with Crippen LogP contribution in [0.4, 0.5) is 0 Å². The lowest BCUT2D eigenvalue weighted by Crippen LogP contribution is -2.62. The van der Waals surface area contributed by atoms with Crippen molar-refractivity contribution in [1.29, 1.82) is 0 Å². The molecule has 2 aliphatic heterocycles. The van der Waals surface area contributed by atoms with Gasteiger partial charge in [-0.2, -0.15) is 0 Å². The van der Waals surface area contributed by atoms with Crippen LogP contribution < -0.4 is 5.63 Å². The molecule has 0 bridgehead atoms. The van der Waals surface area contributed by atoms with E-state index in [0.717, 1.165) is 0 Å². The third-order valence-corrected chi connectivity index (χ3v) is 7.09. The number of carbonyl (C=O) groups is 1. The van der Waals surface area contributed by atoms with E-state index in [0.29, 0.717) is 16.9 Å². The summed E-state index contributed by atoms with van der Waals surface area (Å²) in [5.41, 5.74) is -1.25. The molecule has 7 heteroatoms. The van der Waals surface area contributed by atoms with Crippen molar-refractivity contribution in [2.45, 2.75) is 69.5 Å². The second kappa shape index (κ2) is 4.58. The first-order valence-corrected chi connectivity index (χ1v) is 9.04. The van der Waals surface area contributed by atoms with Crippen molar-refractivity contribution in [1.82, 2.24) is 0 Å². The zero-order valence-electron chi connectivity index (χ0n) is 15.1. The van der Waals surface area contributed by atoms with Crippen molar-refractivity contribution in [2.24, 2.45) is 11.3 Å². The number of epoxide rings is 1. The number of ether oxygens (including phenoxy) is 2. The minimum absolute atomic E-state index is 0.124. The average molecular weight is 362 g/mol. The third kappa shape index (κ3) is 1.57. The molecule has 1 aromatic heterocycles. The molecule has 4 aliphatic rings. The summed E-state index contributed by atoms with van der Waals surface area (Å²) >= 11 is 0. The standard InChI is InChI=1S/C19H22O7/c1-6(2)11-9-7(5-8(20)24-11)18(3)14-12(10(9)21)26-17(23)19(14,4)15(22)13-16(18)25-13/h5-6,10,12-16,21-22H,1-4H3/t10-,12-,13-,14+,15+,16+,18+,19-/m1/s1. The molecular weight excluding hydrogens is 340 g/mol. The van der Waals surface area contributed by atoms with Crippen molar-refractivity contribution in [3.63, 3.8) is 0 Å². The fourth-order valence-corrected chi connectivity index (χ4v) is 5.85. The van der Waals surface area contributed by atoms with Crippen LogP contribution >= 0.6 is 0 Å². The molecule has 2 aliphatic carbocycles. The molecule has 140 valence electrons. The topological polar surface area (TPSA) is 110 Å². The van der Waals surface area contributed by atoms with E-state index in [4.69, 9.17) is 13.9 Å². The van der Waals surface area contributed by atoms with Gasteiger partial charge in [0.2, 0.25) is 0 Å². The van der Waals surface area contributed by atoms with Gasteiger partial charge in [0.05, 0.1) is 12.2 Å². The van der Waals surface area contributed by atoms with Crippen molar-refractivity contribution < 1.29 is 28.9 Å². The number of rotatable bonds is 1. The zero-order valence-corrected chi connectivity index (χ0v) is 15.1. The average Bonchev–Trinajstić information content (AvgIpc) is 3.33. The van der Waals surface area contributed by atoms with Crippen molar-refractivity contribution >= 4 is 5.97 Å². The van der Waals surface area contributed by atoms with Gasteiger partial charge >= 0.3 is 11.6 Å². The summed E-state index contributed by atoms with van der Waals surface area (Å²) in [7, 11) is 0. The molecule has 2 saturated heterocycles. The van der Waals surface area contributed by atoms with Crippen molar-refractivity contribution in [3.8, 4) is 0 Å². The predicted molar refractivity (Wildman–Crippen MR) is 87.5 cm³/mol. The molecule has 0 unspecified atom stereocenters. The summed E-state index contributed by atoms with van der Waals surface area (Å²) in [4.78, 5) is 25.0. The predicted octanol–water partition coefficient (Wildman–Crippen LogP) is 0.758. The molecule has 1 aromatic rings. The number of fused-ring (bicyclic) bond motifs is 4. The van der Waals surface area contributed by atoms with Crippen molar-refractivity contribution in [2.75, 3.05) is 0 Å². The lowest BCUT2D eigenvalue weighted by molar-refractivity contribution is -0.156. The monoisotopic (exact) mass is 362 g/mol. The van der Waals surface area contributed by atoms with E-state index < -0.39 is 52.8 Å². The van der Waals surface area contributed by atoms with Gasteiger partial charge < -0.3 is 24.1 Å². The first-order chi connectivity index (χ1) is 12.1. The molecule has 3 fully saturated rings. The SMILES string of the molecule is CC(C)c1oc(=O)cc2c1[C@@H](O)[C@H]1OC(=O)[C@]3(C)[C@@H]1[C@@]2(C)[C@H]1O[C@@H]1[C@@H]3O. The van der Waals surface area contributed by atoms with Gasteiger partial charge in [0, 0.05) is 28.9 Å². The number of hydrogen-bond acceptors (Lipinski definition) is 7. The Labute approximate surface area is 149 Å². The number of esters is 1. The Morgan fingerprint density at radius 2 is 1.81 bits per heavy atom. The molecule has 26 heavy (non-hydrogen) atoms. The molecular formula is C19H22O7. The van der Waals surface area contributed by atoms with Gasteiger partial charge in [-0.3, -0.25) is 4.79 Å². The van der Waals surface area contributed by atoms with Crippen LogP contribution in [-0.2, 0) is 19.7 Å². The van der Waals surface area contributed by atoms with Crippen LogP contribution in [0.25, 0.3) is 0 Å². The Morgan fingerprint density at radius 1 is 1.12 bits per heavy atom. The number of carbonyl (C=O) groups excluding carboxylic acids is 1. The van der Waals surface area contributed by atoms with Crippen molar-refractivity contribution in [3.05, 3.63) is 33.4 Å². The van der Waals surface area contributed by atoms with Gasteiger partial charge in [0.25, 0.3) is 0 Å². The highest BCUT2D eigenvalue weighted by molar-refractivity contribution is 5.82. The molecule has 3 heterocycles. The fraction of sp³-hybridized carbons (Fsp3) is 0.684. The van der Waals surface area contributed by atoms with E-state index >= 15 is 0 Å². The van der Waals surface area contributed by atoms with Gasteiger partial charge in [0.1, 0.15) is 29.5 Å². The highest BCUT2D eigenvalue weighted by atomic mass is 16.6. The minimum atomic E-state index is -1.19. The molecule has 7 nitrogen and oxygen atoms in total. The van der Waals surface area contributed by atoms with E-state index in [-0.39, 0.29) is 12.0 Å². The highest BCUT2D eigenvalue weighted by Crippen LogP contribution is 2.68. The Balaban J connectivity index is 1.85. The number of hydrogen-bond donors (Lipinski definition) is 2. The quantitative estimate of drug-likeness (QED) is 0.560. The summed E-state index contributed by atoms with van der Waals surface area (Å²) in [5, 5.41) is 21.8. The maximum Gasteiger partial charge on any atom is 0.336 e. The molecule has 1 saturated carbocycles. The van der Waals surface area contributed by atoms with Crippen LogP contribution in [0.2, 0.25) is 0 Å². The first kappa shape index (κ1) is 16.5. The molecule has 8 atom stereocenters. The number of aliphatic hydroxyl groups excluding tert-OH is 2. The second-order valence-electron chi connectivity index (χ2n) is 8.74. The summed E-state index contributed by atoms with van der Waals surface area (Å²) < 4.78 is 16.8. The van der Waals surface area contributed by atoms with E-state index in [1.54, 1.807) is 6.92 Å². The minimum Gasteiger partial charge on any atom is -0.458 e. The normalized spacial score (nSPS) is 47.9. The molecule has 0 spiro atoms. The van der Waals surface area contributed by atoms with Gasteiger partial charge in [-0.25, -0.2) is 4.79 Å². The maximum absolute atomic E-state index is 12.7. The maximum atomic E-state index is 12.7. The smallest absolute Gasteiger partial charge is 0.336 e. The zero-order chi connectivity index (χ0) is 18.8. The van der Waals surface area contributed by atoms with Gasteiger partial charge in [0.15, 0.2) is 0 Å². The molecule has 0 radical (unpaired) electrons. The van der Waals surface area contributed by atoms with Gasteiger partial charge in [-0.1, -0.05) is 20.8 Å². The van der Waals surface area contributed by atoms with Crippen LogP contribution in [0, 0.1) is 11.3 Å². The largest absolute Gasteiger partial charge is 0.458 e. The van der Waals surface area contributed by atoms with Crippen LogP contribution in [0.3, 0.4) is 0 Å². The van der Waals surface area contributed by atoms with Crippen LogP contribution in [0.15, 0.2) is 15.3 Å². The lowest BCUT2D eigenvalue weighted by Gasteiger charge is -2.51. The Morgan fingerprint density at radius 3 is 2.46 bits per heavy atom. The summed E-state index contributed by atoms with van der Waals surface area (Å²) in [6.45, 7) is 7.38. The second-order valence-corrected chi connectivity index (χ2v) is 8.74. The van der Waals surface area contributed by atoms with E-state index in [1.807, 2.05) is 20.8 Å². The lowest BCUT2D eigenvalue weighted by atomic mass is 9.48. The summed E-state index contributed by atoms with van der Waals surface area (Å²) in [6.07, 6.45) is -3.74. The first-order valence-electron chi connectivity index (χ1n) is 9.04. The highest BCUT2D eigenvalue weighted by Gasteiger charge is 2.79. The van der Waals surface area contributed by atoms with Crippen LogP contribution in [-0.4, -0.2) is 40.6 Å². The van der Waals surface area contributed by atoms with Gasteiger partial charge in [-0.15, -0.1) is 0 Å². The Kier molecular flexibility index (Phi) is 2.90. The van der Waals surface area contributed by atoms with E-state index in [2.05, 4.69) is 0 Å². The molecule has 0 aromatic carbocycles. The third-order valence-electron chi connectivity index (χ3n) is 7.09. The Bertz CT molecular complexity index is 888. The molecule has 5 rings (SSSR count). The van der Waals surface area contributed by atoms with Crippen LogP contribution in [0.1, 0.15) is 56.6 Å². The number of aliphatic hydroxyl groups is 2. The molecule has 2 N–H and O–H groups in total. The summed E-state index contributed by atoms with van der Waals surface area (Å²) in [6, 6.07) is 1.40.